The van der Waals surface area contributed by atoms with Gasteiger partial charge in [-0.1, -0.05) is 34.6 Å². The molecule has 0 radical (unpaired) electrons. The lowest BCUT2D eigenvalue weighted by Gasteiger charge is -2.18. The number of rotatable bonds is 1. The first-order valence-corrected chi connectivity index (χ1v) is 6.50. The van der Waals surface area contributed by atoms with Gasteiger partial charge in [0, 0.05) is 6.20 Å². The van der Waals surface area contributed by atoms with Crippen molar-refractivity contribution < 1.29 is 0 Å². The van der Waals surface area contributed by atoms with Crippen LogP contribution in [0.15, 0.2) is 6.20 Å². The van der Waals surface area contributed by atoms with Crippen LogP contribution in [-0.4, -0.2) is 9.78 Å². The molecular weight excluding hydrogens is 196 g/mol. The Labute approximate surface area is 102 Å². The van der Waals surface area contributed by atoms with Crippen molar-refractivity contribution in [3.05, 3.63) is 17.5 Å². The molecule has 0 saturated carbocycles. The SMILES string of the molecule is CC.CC.CCc1cn(C(C)(C)C)nc1C. The molecule has 0 atom stereocenters. The molecule has 0 bridgehead atoms. The zero-order valence-electron chi connectivity index (χ0n) is 12.7. The maximum absolute atomic E-state index is 4.47. The van der Waals surface area contributed by atoms with Gasteiger partial charge in [-0.05, 0) is 39.7 Å². The zero-order valence-corrected chi connectivity index (χ0v) is 12.7. The van der Waals surface area contributed by atoms with Gasteiger partial charge in [0.2, 0.25) is 0 Å². The average molecular weight is 226 g/mol. The van der Waals surface area contributed by atoms with E-state index >= 15 is 0 Å². The molecule has 0 aliphatic heterocycles. The second-order valence-corrected chi connectivity index (χ2v) is 4.21. The number of aromatic nitrogens is 2. The summed E-state index contributed by atoms with van der Waals surface area (Å²) in [6.07, 6.45) is 3.22. The van der Waals surface area contributed by atoms with Gasteiger partial charge in [-0.2, -0.15) is 5.10 Å². The fourth-order valence-corrected chi connectivity index (χ4v) is 1.19. The van der Waals surface area contributed by atoms with E-state index in [9.17, 15) is 0 Å². The molecule has 96 valence electrons. The highest BCUT2D eigenvalue weighted by atomic mass is 15.3. The number of hydrogen-bond acceptors (Lipinski definition) is 1. The van der Waals surface area contributed by atoms with E-state index in [1.807, 2.05) is 32.4 Å². The molecule has 16 heavy (non-hydrogen) atoms. The van der Waals surface area contributed by atoms with Crippen molar-refractivity contribution in [1.29, 1.82) is 0 Å². The van der Waals surface area contributed by atoms with Gasteiger partial charge in [-0.3, -0.25) is 4.68 Å². The Morgan fingerprint density at radius 1 is 1.12 bits per heavy atom. The molecular formula is C14H30N2. The number of aryl methyl sites for hydroxylation is 2. The summed E-state index contributed by atoms with van der Waals surface area (Å²) in [5.74, 6) is 0. The lowest BCUT2D eigenvalue weighted by Crippen LogP contribution is -2.22. The molecule has 0 saturated heterocycles. The van der Waals surface area contributed by atoms with Crippen molar-refractivity contribution in [3.8, 4) is 0 Å². The summed E-state index contributed by atoms with van der Waals surface area (Å²) in [6.45, 7) is 18.7. The lowest BCUT2D eigenvalue weighted by molar-refractivity contribution is 0.354. The third-order valence-electron chi connectivity index (χ3n) is 2.07. The van der Waals surface area contributed by atoms with Crippen LogP contribution in [0.3, 0.4) is 0 Å². The van der Waals surface area contributed by atoms with Gasteiger partial charge in [0.15, 0.2) is 0 Å². The van der Waals surface area contributed by atoms with Crippen LogP contribution in [0.2, 0.25) is 0 Å². The molecule has 0 aliphatic rings. The van der Waals surface area contributed by atoms with Crippen LogP contribution in [0.1, 0.15) is 66.6 Å². The van der Waals surface area contributed by atoms with Gasteiger partial charge in [0.05, 0.1) is 11.2 Å². The van der Waals surface area contributed by atoms with Crippen molar-refractivity contribution in [2.75, 3.05) is 0 Å². The van der Waals surface area contributed by atoms with Crippen LogP contribution in [0, 0.1) is 6.92 Å². The highest BCUT2D eigenvalue weighted by Gasteiger charge is 2.15. The second kappa shape index (κ2) is 8.37. The molecule has 2 nitrogen and oxygen atoms in total. The first-order valence-electron chi connectivity index (χ1n) is 6.50. The first-order chi connectivity index (χ1) is 7.45. The van der Waals surface area contributed by atoms with Crippen molar-refractivity contribution >= 4 is 0 Å². The summed E-state index contributed by atoms with van der Waals surface area (Å²) < 4.78 is 2.04. The van der Waals surface area contributed by atoms with E-state index in [4.69, 9.17) is 0 Å². The number of nitrogens with zero attached hydrogens (tertiary/aromatic N) is 2. The highest BCUT2D eigenvalue weighted by Crippen LogP contribution is 2.15. The molecule has 1 aromatic rings. The molecule has 0 N–H and O–H groups in total. The molecule has 0 amide bonds. The highest BCUT2D eigenvalue weighted by molar-refractivity contribution is 5.15. The minimum absolute atomic E-state index is 0.109. The van der Waals surface area contributed by atoms with E-state index in [1.165, 1.54) is 5.56 Å². The van der Waals surface area contributed by atoms with E-state index in [0.29, 0.717) is 0 Å². The van der Waals surface area contributed by atoms with Gasteiger partial charge in [-0.15, -0.1) is 0 Å². The smallest absolute Gasteiger partial charge is 0.0625 e. The average Bonchev–Trinajstić information content (AvgIpc) is 2.65. The molecule has 0 spiro atoms. The largest absolute Gasteiger partial charge is 0.267 e. The van der Waals surface area contributed by atoms with Crippen LogP contribution in [0.25, 0.3) is 0 Å². The summed E-state index contributed by atoms with van der Waals surface area (Å²) in [5.41, 5.74) is 2.62. The predicted octanol–water partition coefficient (Wildman–Crippen LogP) is 4.56. The van der Waals surface area contributed by atoms with E-state index < -0.39 is 0 Å². The Morgan fingerprint density at radius 2 is 1.56 bits per heavy atom. The van der Waals surface area contributed by atoms with Crippen LogP contribution < -0.4 is 0 Å². The molecule has 0 unspecified atom stereocenters. The van der Waals surface area contributed by atoms with E-state index in [0.717, 1.165) is 12.1 Å². The van der Waals surface area contributed by atoms with Crippen molar-refractivity contribution in [1.82, 2.24) is 9.78 Å². The van der Waals surface area contributed by atoms with E-state index in [1.54, 1.807) is 0 Å². The van der Waals surface area contributed by atoms with E-state index in [-0.39, 0.29) is 5.54 Å². The normalized spacial score (nSPS) is 9.81. The second-order valence-electron chi connectivity index (χ2n) is 4.21. The Kier molecular flexibility index (Phi) is 9.21. The molecule has 1 rings (SSSR count). The topological polar surface area (TPSA) is 17.8 Å². The first kappa shape index (κ1) is 17.6. The van der Waals surface area contributed by atoms with Gasteiger partial charge >= 0.3 is 0 Å². The third kappa shape index (κ3) is 5.34. The van der Waals surface area contributed by atoms with Crippen LogP contribution in [0.4, 0.5) is 0 Å². The summed E-state index contributed by atoms with van der Waals surface area (Å²) in [4.78, 5) is 0. The summed E-state index contributed by atoms with van der Waals surface area (Å²) in [6, 6.07) is 0. The van der Waals surface area contributed by atoms with Crippen LogP contribution in [-0.2, 0) is 12.0 Å². The summed E-state index contributed by atoms with van der Waals surface area (Å²) in [7, 11) is 0. The fraction of sp³-hybridized carbons (Fsp3) is 0.786. The lowest BCUT2D eigenvalue weighted by atomic mass is 10.1. The predicted molar refractivity (Wildman–Crippen MR) is 74.0 cm³/mol. The molecule has 1 heterocycles. The van der Waals surface area contributed by atoms with Gasteiger partial charge in [0.25, 0.3) is 0 Å². The van der Waals surface area contributed by atoms with Crippen LogP contribution in [0.5, 0.6) is 0 Å². The summed E-state index contributed by atoms with van der Waals surface area (Å²) in [5, 5.41) is 4.47. The molecule has 0 aliphatic carbocycles. The van der Waals surface area contributed by atoms with Crippen molar-refractivity contribution in [2.45, 2.75) is 74.3 Å². The molecule has 0 fully saturated rings. The minimum atomic E-state index is 0.109. The standard InChI is InChI=1S/C10H18N2.2C2H6/c1-6-9-7-12(10(3,4)5)11-8(9)2;2*1-2/h7H,6H2,1-5H3;2*1-2H3. The van der Waals surface area contributed by atoms with Gasteiger partial charge in [0.1, 0.15) is 0 Å². The van der Waals surface area contributed by atoms with Gasteiger partial charge < -0.3 is 0 Å². The zero-order chi connectivity index (χ0) is 13.4. The quantitative estimate of drug-likeness (QED) is 0.686. The fourth-order valence-electron chi connectivity index (χ4n) is 1.19. The Morgan fingerprint density at radius 3 is 1.75 bits per heavy atom. The molecule has 0 aromatic carbocycles. The van der Waals surface area contributed by atoms with Crippen molar-refractivity contribution in [2.24, 2.45) is 0 Å². The monoisotopic (exact) mass is 226 g/mol. The van der Waals surface area contributed by atoms with Gasteiger partial charge in [-0.25, -0.2) is 0 Å². The number of hydrogen-bond donors (Lipinski definition) is 0. The summed E-state index contributed by atoms with van der Waals surface area (Å²) >= 11 is 0. The Hall–Kier alpha value is -0.790. The van der Waals surface area contributed by atoms with Crippen LogP contribution >= 0.6 is 0 Å². The Balaban J connectivity index is 0. The minimum Gasteiger partial charge on any atom is -0.267 e. The maximum atomic E-state index is 4.47. The molecule has 1 aromatic heterocycles. The Bertz CT molecular complexity index is 267. The third-order valence-corrected chi connectivity index (χ3v) is 2.07. The van der Waals surface area contributed by atoms with Crippen molar-refractivity contribution in [3.63, 3.8) is 0 Å². The molecule has 2 heteroatoms. The van der Waals surface area contributed by atoms with E-state index in [2.05, 4.69) is 45.9 Å². The maximum Gasteiger partial charge on any atom is 0.0625 e.